The minimum absolute atomic E-state index is 0.0688. The number of anilines is 1. The Balaban J connectivity index is 0.000000307. The van der Waals surface area contributed by atoms with Crippen LogP contribution in [-0.4, -0.2) is 68.9 Å². The second kappa shape index (κ2) is 15.1. The maximum atomic E-state index is 14.3. The molecule has 4 aromatic rings. The highest BCUT2D eigenvalue weighted by molar-refractivity contribution is 5.88. The molecule has 212 valence electrons. The van der Waals surface area contributed by atoms with Crippen LogP contribution in [0.25, 0.3) is 10.9 Å². The van der Waals surface area contributed by atoms with Gasteiger partial charge < -0.3 is 34.7 Å². The number of carbonyl (C=O) groups excluding carboxylic acids is 1. The topological polar surface area (TPSA) is 124 Å². The number of aldehydes is 1. The number of nitrogens with zero attached hydrogens (tertiary/aromatic N) is 2. The largest absolute Gasteiger partial charge is 0.493 e. The fourth-order valence-corrected chi connectivity index (χ4v) is 3.43. The molecule has 2 aromatic heterocycles. The number of fused-ring (bicyclic) bond motifs is 1. The van der Waals surface area contributed by atoms with Crippen molar-refractivity contribution in [1.29, 1.82) is 0 Å². The maximum Gasteiger partial charge on any atom is 0.198 e. The van der Waals surface area contributed by atoms with E-state index in [1.165, 1.54) is 31.8 Å². The van der Waals surface area contributed by atoms with Crippen LogP contribution in [0.15, 0.2) is 55.0 Å². The van der Waals surface area contributed by atoms with Gasteiger partial charge >= 0.3 is 0 Å². The molecule has 0 radical (unpaired) electrons. The number of aliphatic hydroxyl groups is 1. The zero-order valence-corrected chi connectivity index (χ0v) is 22.2. The molecule has 0 amide bonds. The zero-order valence-electron chi connectivity index (χ0n) is 22.2. The van der Waals surface area contributed by atoms with Crippen molar-refractivity contribution < 1.29 is 37.6 Å². The second-order valence-corrected chi connectivity index (χ2v) is 8.01. The molecule has 12 heteroatoms. The Morgan fingerprint density at radius 3 is 2.33 bits per heavy atom. The van der Waals surface area contributed by atoms with Crippen LogP contribution in [0.5, 0.6) is 28.7 Å². The Bertz CT molecular complexity index is 1400. The summed E-state index contributed by atoms with van der Waals surface area (Å²) in [6.45, 7) is 1.23. The molecule has 2 heterocycles. The number of carbonyl (C=O) groups is 1. The molecular formula is C28H30F2N4O6. The fraction of sp³-hybridized carbons (Fsp3) is 0.250. The molecule has 0 saturated carbocycles. The van der Waals surface area contributed by atoms with Crippen molar-refractivity contribution in [3.63, 3.8) is 0 Å². The van der Waals surface area contributed by atoms with E-state index in [1.807, 2.05) is 7.05 Å². The lowest BCUT2D eigenvalue weighted by atomic mass is 10.1. The highest BCUT2D eigenvalue weighted by Gasteiger charge is 2.17. The van der Waals surface area contributed by atoms with Crippen molar-refractivity contribution in [1.82, 2.24) is 15.3 Å². The molecule has 0 aliphatic heterocycles. The molecule has 2 aromatic carbocycles. The van der Waals surface area contributed by atoms with Gasteiger partial charge in [0.15, 0.2) is 35.2 Å². The Hall–Kier alpha value is -4.55. The summed E-state index contributed by atoms with van der Waals surface area (Å²) in [6.07, 6.45) is 5.11. The summed E-state index contributed by atoms with van der Waals surface area (Å²) in [7, 11) is 4.92. The number of aromatic nitrogens is 2. The molecule has 0 aliphatic carbocycles. The molecule has 40 heavy (non-hydrogen) atoms. The first-order valence-corrected chi connectivity index (χ1v) is 12.2. The highest BCUT2D eigenvalue weighted by atomic mass is 19.1. The Morgan fingerprint density at radius 2 is 1.68 bits per heavy atom. The van der Waals surface area contributed by atoms with Crippen molar-refractivity contribution in [2.45, 2.75) is 0 Å². The number of methoxy groups -OCH3 is 1. The van der Waals surface area contributed by atoms with E-state index in [-0.39, 0.29) is 19.0 Å². The van der Waals surface area contributed by atoms with Gasteiger partial charge in [-0.3, -0.25) is 14.8 Å². The first-order valence-electron chi connectivity index (χ1n) is 12.2. The third-order valence-corrected chi connectivity index (χ3v) is 5.38. The van der Waals surface area contributed by atoms with Gasteiger partial charge in [0.1, 0.15) is 24.7 Å². The standard InChI is InChI=1S/C20H21F2N3O3.C8H9NO3/c1-23-6-7-27-19-11-16-13(10-18(19)26-3)17(4-5-25-16)28-20-14(21)8-12(24-2)9-15(20)22;10-3-4-12-8-1-2-9-5-7(8)6-11/h4-5,8-11,23-24H,6-7H2,1-3H3;1-2,5-6,10H,3-4H2. The lowest BCUT2D eigenvalue weighted by molar-refractivity contribution is 0.111. The Labute approximate surface area is 229 Å². The van der Waals surface area contributed by atoms with Crippen LogP contribution < -0.4 is 29.6 Å². The number of rotatable bonds is 12. The van der Waals surface area contributed by atoms with E-state index in [0.717, 1.165) is 12.1 Å². The molecule has 4 rings (SSSR count). The lowest BCUT2D eigenvalue weighted by Gasteiger charge is -2.14. The Kier molecular flexibility index (Phi) is 11.4. The molecule has 0 bridgehead atoms. The van der Waals surface area contributed by atoms with Crippen LogP contribution in [0.2, 0.25) is 0 Å². The summed E-state index contributed by atoms with van der Waals surface area (Å²) in [5, 5.41) is 14.7. The molecular weight excluding hydrogens is 526 g/mol. The number of likely N-dealkylation sites (N-methyl/N-ethyl adjacent to an activating group) is 1. The van der Waals surface area contributed by atoms with Gasteiger partial charge in [-0.2, -0.15) is 0 Å². The van der Waals surface area contributed by atoms with E-state index in [4.69, 9.17) is 24.1 Å². The van der Waals surface area contributed by atoms with Crippen molar-refractivity contribution in [2.24, 2.45) is 0 Å². The van der Waals surface area contributed by atoms with Gasteiger partial charge in [-0.05, 0) is 25.2 Å². The molecule has 0 saturated heterocycles. The number of pyridine rings is 2. The quantitative estimate of drug-likeness (QED) is 0.173. The number of ether oxygens (including phenoxy) is 4. The van der Waals surface area contributed by atoms with E-state index >= 15 is 0 Å². The van der Waals surface area contributed by atoms with Crippen LogP contribution in [0.3, 0.4) is 0 Å². The number of benzene rings is 2. The molecule has 3 N–H and O–H groups in total. The van der Waals surface area contributed by atoms with E-state index in [1.54, 1.807) is 25.2 Å². The smallest absolute Gasteiger partial charge is 0.198 e. The predicted octanol–water partition coefficient (Wildman–Crippen LogP) is 4.22. The number of hydrogen-bond donors (Lipinski definition) is 3. The normalized spacial score (nSPS) is 10.3. The van der Waals surface area contributed by atoms with E-state index in [9.17, 15) is 13.6 Å². The molecule has 0 spiro atoms. The molecule has 10 nitrogen and oxygen atoms in total. The van der Waals surface area contributed by atoms with Gasteiger partial charge in [0, 0.05) is 61.5 Å². The van der Waals surface area contributed by atoms with Crippen molar-refractivity contribution in [3.05, 3.63) is 72.2 Å². The molecule has 0 fully saturated rings. The van der Waals surface area contributed by atoms with Gasteiger partial charge in [-0.25, -0.2) is 8.78 Å². The van der Waals surface area contributed by atoms with Gasteiger partial charge in [-0.1, -0.05) is 0 Å². The van der Waals surface area contributed by atoms with Gasteiger partial charge in [0.2, 0.25) is 0 Å². The summed E-state index contributed by atoms with van der Waals surface area (Å²) in [4.78, 5) is 18.4. The summed E-state index contributed by atoms with van der Waals surface area (Å²) in [5.41, 5.74) is 1.25. The van der Waals surface area contributed by atoms with Crippen LogP contribution in [0.1, 0.15) is 10.4 Å². The third-order valence-electron chi connectivity index (χ3n) is 5.38. The van der Waals surface area contributed by atoms with Gasteiger partial charge in [-0.15, -0.1) is 0 Å². The lowest BCUT2D eigenvalue weighted by Crippen LogP contribution is -2.16. The molecule has 0 atom stereocenters. The average Bonchev–Trinajstić information content (AvgIpc) is 2.98. The maximum absolute atomic E-state index is 14.3. The molecule has 0 unspecified atom stereocenters. The van der Waals surface area contributed by atoms with Gasteiger partial charge in [0.25, 0.3) is 0 Å². The monoisotopic (exact) mass is 556 g/mol. The first-order chi connectivity index (χ1) is 19.4. The number of hydrogen-bond acceptors (Lipinski definition) is 10. The summed E-state index contributed by atoms with van der Waals surface area (Å²) < 4.78 is 50.3. The summed E-state index contributed by atoms with van der Waals surface area (Å²) >= 11 is 0. The fourth-order valence-electron chi connectivity index (χ4n) is 3.43. The number of nitrogens with one attached hydrogen (secondary N) is 2. The minimum Gasteiger partial charge on any atom is -0.493 e. The predicted molar refractivity (Wildman–Crippen MR) is 146 cm³/mol. The van der Waals surface area contributed by atoms with Crippen molar-refractivity contribution >= 4 is 22.9 Å². The van der Waals surface area contributed by atoms with E-state index in [2.05, 4.69) is 20.6 Å². The van der Waals surface area contributed by atoms with Gasteiger partial charge in [0.05, 0.1) is 24.8 Å². The summed E-state index contributed by atoms with van der Waals surface area (Å²) in [6, 6.07) is 8.82. The zero-order chi connectivity index (χ0) is 28.9. The van der Waals surface area contributed by atoms with Crippen LogP contribution in [0.4, 0.5) is 14.5 Å². The SMILES string of the molecule is CNCCOc1cc2nccc(Oc3c(F)cc(NC)cc3F)c2cc1OC.O=Cc1cnccc1OCCO. The Morgan fingerprint density at radius 1 is 0.950 bits per heavy atom. The average molecular weight is 557 g/mol. The highest BCUT2D eigenvalue weighted by Crippen LogP contribution is 2.38. The number of halogens is 2. The van der Waals surface area contributed by atoms with E-state index < -0.39 is 17.4 Å². The second-order valence-electron chi connectivity index (χ2n) is 8.01. The van der Waals surface area contributed by atoms with Crippen LogP contribution in [-0.2, 0) is 0 Å². The third kappa shape index (κ3) is 7.74. The van der Waals surface area contributed by atoms with Crippen molar-refractivity contribution in [2.75, 3.05) is 52.9 Å². The summed E-state index contributed by atoms with van der Waals surface area (Å²) in [5.74, 6) is -0.422. The minimum atomic E-state index is -0.812. The first kappa shape index (κ1) is 30.0. The van der Waals surface area contributed by atoms with Crippen molar-refractivity contribution in [3.8, 4) is 28.7 Å². The van der Waals surface area contributed by atoms with Crippen LogP contribution >= 0.6 is 0 Å². The van der Waals surface area contributed by atoms with E-state index in [0.29, 0.717) is 58.8 Å². The van der Waals surface area contributed by atoms with Crippen LogP contribution in [0, 0.1) is 11.6 Å². The molecule has 0 aliphatic rings. The number of aliphatic hydroxyl groups excluding tert-OH is 1.